The topological polar surface area (TPSA) is 189 Å². The second-order valence-electron chi connectivity index (χ2n) is 4.98. The van der Waals surface area contributed by atoms with Gasteiger partial charge in [-0.3, -0.25) is 9.05 Å². The minimum atomic E-state index is -4.74. The van der Waals surface area contributed by atoms with Crippen LogP contribution in [0.25, 0.3) is 11.2 Å². The fourth-order valence-electron chi connectivity index (χ4n) is 2.03. The fraction of sp³-hybridized carbons (Fsp3) is 0.500. The molecule has 0 aliphatic heterocycles. The van der Waals surface area contributed by atoms with Crippen LogP contribution >= 0.6 is 15.6 Å². The van der Waals surface area contributed by atoms with Crippen LogP contribution in [0.2, 0.25) is 0 Å². The van der Waals surface area contributed by atoms with Gasteiger partial charge in [0.1, 0.15) is 11.8 Å². The first-order valence-electron chi connectivity index (χ1n) is 6.83. The van der Waals surface area contributed by atoms with Gasteiger partial charge in [-0.1, -0.05) is 0 Å². The van der Waals surface area contributed by atoms with Crippen LogP contribution in [0.4, 0.5) is 5.82 Å². The molecule has 2 aromatic rings. The summed E-state index contributed by atoms with van der Waals surface area (Å²) in [6.07, 6.45) is 2.72. The van der Waals surface area contributed by atoms with Gasteiger partial charge >= 0.3 is 15.6 Å². The lowest BCUT2D eigenvalue weighted by Gasteiger charge is -2.18. The maximum atomic E-state index is 10.9. The number of nitrogens with one attached hydrogen (secondary N) is 1. The molecule has 0 fully saturated rings. The first-order chi connectivity index (χ1) is 11.6. The van der Waals surface area contributed by atoms with Crippen LogP contribution in [0, 0.1) is 5.92 Å². The highest BCUT2D eigenvalue weighted by Gasteiger charge is 2.23. The van der Waals surface area contributed by atoms with Crippen molar-refractivity contribution in [1.29, 1.82) is 0 Å². The van der Waals surface area contributed by atoms with E-state index in [4.69, 9.17) is 19.6 Å². The molecule has 0 aliphatic rings. The molecule has 0 bridgehead atoms. The molecule has 0 saturated carbocycles. The third-order valence-electron chi connectivity index (χ3n) is 3.05. The van der Waals surface area contributed by atoms with E-state index in [2.05, 4.69) is 29.3 Å². The molecule has 0 unspecified atom stereocenters. The SMILES string of the molecule is CNc1ncnc2c1ncn2CC(COP(=O)(O)O)COP(=O)(O)O. The highest BCUT2D eigenvalue weighted by molar-refractivity contribution is 7.46. The Labute approximate surface area is 141 Å². The monoisotopic (exact) mass is 397 g/mol. The van der Waals surface area contributed by atoms with Gasteiger partial charge in [0.2, 0.25) is 0 Å². The van der Waals surface area contributed by atoms with Gasteiger partial charge < -0.3 is 29.5 Å². The Kier molecular flexibility index (Phi) is 6.25. The van der Waals surface area contributed by atoms with E-state index >= 15 is 0 Å². The summed E-state index contributed by atoms with van der Waals surface area (Å²) in [5, 5.41) is 2.84. The first kappa shape index (κ1) is 19.9. The van der Waals surface area contributed by atoms with Gasteiger partial charge in [0, 0.05) is 19.5 Å². The van der Waals surface area contributed by atoms with Crippen molar-refractivity contribution < 1.29 is 37.8 Å². The Bertz CT molecular complexity index is 791. The van der Waals surface area contributed by atoms with Crippen LogP contribution in [0.1, 0.15) is 0 Å². The number of nitrogens with zero attached hydrogens (tertiary/aromatic N) is 4. The minimum Gasteiger partial charge on any atom is -0.371 e. The lowest BCUT2D eigenvalue weighted by Crippen LogP contribution is -2.21. The number of imidazole rings is 1. The predicted molar refractivity (Wildman–Crippen MR) is 84.4 cm³/mol. The van der Waals surface area contributed by atoms with Gasteiger partial charge in [-0.2, -0.15) is 0 Å². The zero-order valence-corrected chi connectivity index (χ0v) is 14.7. The van der Waals surface area contributed by atoms with Crippen LogP contribution in [0.5, 0.6) is 0 Å². The Morgan fingerprint density at radius 1 is 1.12 bits per heavy atom. The molecule has 0 aliphatic carbocycles. The molecule has 0 aromatic carbocycles. The summed E-state index contributed by atoms with van der Waals surface area (Å²) < 4.78 is 32.1. The second-order valence-corrected chi connectivity index (χ2v) is 7.46. The van der Waals surface area contributed by atoms with E-state index in [0.29, 0.717) is 17.0 Å². The minimum absolute atomic E-state index is 0.0384. The number of phosphoric acid groups is 2. The number of fused-ring (bicyclic) bond motifs is 1. The van der Waals surface area contributed by atoms with Crippen LogP contribution in [-0.4, -0.2) is 59.4 Å². The summed E-state index contributed by atoms with van der Waals surface area (Å²) in [5.41, 5.74) is 0.896. The molecule has 2 heterocycles. The molecule has 0 atom stereocenters. The lowest BCUT2D eigenvalue weighted by molar-refractivity contribution is 0.110. The normalized spacial score (nSPS) is 12.9. The molecule has 15 heteroatoms. The van der Waals surface area contributed by atoms with E-state index in [1.807, 2.05) is 0 Å². The van der Waals surface area contributed by atoms with E-state index in [1.165, 1.54) is 17.2 Å². The van der Waals surface area contributed by atoms with E-state index in [-0.39, 0.29) is 6.54 Å². The van der Waals surface area contributed by atoms with Gasteiger partial charge in [0.15, 0.2) is 11.5 Å². The summed E-state index contributed by atoms with van der Waals surface area (Å²) in [6.45, 7) is -0.946. The molecule has 0 amide bonds. The average Bonchev–Trinajstić information content (AvgIpc) is 2.91. The summed E-state index contributed by atoms with van der Waals surface area (Å²) in [6, 6.07) is 0. The van der Waals surface area contributed by atoms with Crippen molar-refractivity contribution in [2.24, 2.45) is 5.92 Å². The highest BCUT2D eigenvalue weighted by Crippen LogP contribution is 2.39. The Hall–Kier alpha value is -1.43. The van der Waals surface area contributed by atoms with Crippen molar-refractivity contribution in [3.8, 4) is 0 Å². The fourth-order valence-corrected chi connectivity index (χ4v) is 2.84. The molecule has 140 valence electrons. The average molecular weight is 397 g/mol. The van der Waals surface area contributed by atoms with Gasteiger partial charge in [-0.15, -0.1) is 0 Å². The third kappa shape index (κ3) is 6.10. The van der Waals surface area contributed by atoms with Crippen molar-refractivity contribution in [1.82, 2.24) is 19.5 Å². The number of hydrogen-bond donors (Lipinski definition) is 5. The van der Waals surface area contributed by atoms with E-state index < -0.39 is 34.8 Å². The van der Waals surface area contributed by atoms with Crippen molar-refractivity contribution >= 4 is 32.6 Å². The molecule has 0 radical (unpaired) electrons. The molecule has 2 aromatic heterocycles. The maximum absolute atomic E-state index is 10.9. The molecular formula is C10H17N5O8P2. The van der Waals surface area contributed by atoms with Gasteiger partial charge in [-0.05, 0) is 0 Å². The zero-order chi connectivity index (χ0) is 18.7. The number of anilines is 1. The molecule has 5 N–H and O–H groups in total. The van der Waals surface area contributed by atoms with E-state index in [9.17, 15) is 9.13 Å². The van der Waals surface area contributed by atoms with Crippen LogP contribution in [0.15, 0.2) is 12.7 Å². The molecule has 0 spiro atoms. The second kappa shape index (κ2) is 7.85. The Balaban J connectivity index is 2.20. The van der Waals surface area contributed by atoms with Crippen LogP contribution in [0.3, 0.4) is 0 Å². The zero-order valence-electron chi connectivity index (χ0n) is 13.0. The molecule has 13 nitrogen and oxygen atoms in total. The number of aromatic nitrogens is 4. The Morgan fingerprint density at radius 3 is 2.24 bits per heavy atom. The summed E-state index contributed by atoms with van der Waals surface area (Å²) in [7, 11) is -7.83. The van der Waals surface area contributed by atoms with Crippen LogP contribution < -0.4 is 5.32 Å². The van der Waals surface area contributed by atoms with E-state index in [0.717, 1.165) is 0 Å². The van der Waals surface area contributed by atoms with Crippen molar-refractivity contribution in [3.05, 3.63) is 12.7 Å². The first-order valence-corrected chi connectivity index (χ1v) is 9.89. The molecular weight excluding hydrogens is 380 g/mol. The van der Waals surface area contributed by atoms with Crippen molar-refractivity contribution in [3.63, 3.8) is 0 Å². The van der Waals surface area contributed by atoms with Gasteiger partial charge in [0.05, 0.1) is 19.5 Å². The third-order valence-corrected chi connectivity index (χ3v) is 4.02. The van der Waals surface area contributed by atoms with E-state index in [1.54, 1.807) is 7.05 Å². The van der Waals surface area contributed by atoms with Crippen molar-refractivity contribution in [2.45, 2.75) is 6.54 Å². The summed E-state index contributed by atoms with van der Waals surface area (Å²) >= 11 is 0. The lowest BCUT2D eigenvalue weighted by atomic mass is 10.2. The summed E-state index contributed by atoms with van der Waals surface area (Å²) in [5.74, 6) is -0.302. The van der Waals surface area contributed by atoms with Gasteiger partial charge in [0.25, 0.3) is 0 Å². The maximum Gasteiger partial charge on any atom is 0.469 e. The number of rotatable bonds is 9. The smallest absolute Gasteiger partial charge is 0.371 e. The quantitative estimate of drug-likeness (QED) is 0.348. The Morgan fingerprint density at radius 2 is 1.72 bits per heavy atom. The highest BCUT2D eigenvalue weighted by atomic mass is 31.2. The standard InChI is InChI=1S/C10H17N5O8P2/c1-11-9-8-10(13-5-12-9)15(6-14-8)2-7(3-22-24(16,17)18)4-23-25(19,20)21/h5-7H,2-4H2,1H3,(H,11,12,13)(H2,16,17,18)(H2,19,20,21). The van der Waals surface area contributed by atoms with Crippen LogP contribution in [-0.2, 0) is 24.7 Å². The summed E-state index contributed by atoms with van der Waals surface area (Å²) in [4.78, 5) is 47.5. The van der Waals surface area contributed by atoms with Crippen molar-refractivity contribution in [2.75, 3.05) is 25.6 Å². The molecule has 2 rings (SSSR count). The number of phosphoric ester groups is 2. The number of hydrogen-bond acceptors (Lipinski definition) is 8. The van der Waals surface area contributed by atoms with Gasteiger partial charge in [-0.25, -0.2) is 24.1 Å². The largest absolute Gasteiger partial charge is 0.469 e. The predicted octanol–water partition coefficient (Wildman–Crippen LogP) is -0.297. The molecule has 0 saturated heterocycles. The molecule has 25 heavy (non-hydrogen) atoms.